The average Bonchev–Trinajstić information content (AvgIpc) is 3.27. The highest BCUT2D eigenvalue weighted by atomic mass is 127. The minimum Gasteiger partial charge on any atom is -0.356 e. The van der Waals surface area contributed by atoms with Crippen molar-refractivity contribution < 1.29 is 4.79 Å². The van der Waals surface area contributed by atoms with Crippen LogP contribution < -0.4 is 15.5 Å². The van der Waals surface area contributed by atoms with Gasteiger partial charge in [0.05, 0.1) is 6.04 Å². The van der Waals surface area contributed by atoms with E-state index in [4.69, 9.17) is 0 Å². The van der Waals surface area contributed by atoms with E-state index in [-0.39, 0.29) is 35.9 Å². The van der Waals surface area contributed by atoms with Crippen molar-refractivity contribution in [3.63, 3.8) is 0 Å². The topological polar surface area (TPSA) is 56.7 Å². The molecule has 1 atom stereocenters. The van der Waals surface area contributed by atoms with Gasteiger partial charge in [-0.2, -0.15) is 0 Å². The molecule has 1 saturated carbocycles. The minimum absolute atomic E-state index is 0. The molecule has 3 rings (SSSR count). The highest BCUT2D eigenvalue weighted by Gasteiger charge is 2.31. The number of guanidine groups is 1. The van der Waals surface area contributed by atoms with Crippen molar-refractivity contribution in [1.82, 2.24) is 10.6 Å². The Balaban J connectivity index is 0.00000176. The summed E-state index contributed by atoms with van der Waals surface area (Å²) in [7, 11) is 1.77. The highest BCUT2D eigenvalue weighted by Crippen LogP contribution is 2.27. The molecule has 120 valence electrons. The molecule has 1 saturated heterocycles. The minimum atomic E-state index is 0. The van der Waals surface area contributed by atoms with Crippen LogP contribution in [0.5, 0.6) is 0 Å². The third kappa shape index (κ3) is 4.34. The molecule has 2 N–H and O–H groups in total. The van der Waals surface area contributed by atoms with Crippen LogP contribution in [-0.2, 0) is 4.79 Å². The summed E-state index contributed by atoms with van der Waals surface area (Å²) in [4.78, 5) is 18.2. The largest absolute Gasteiger partial charge is 0.356 e. The van der Waals surface area contributed by atoms with E-state index >= 15 is 0 Å². The van der Waals surface area contributed by atoms with Crippen molar-refractivity contribution in [3.05, 3.63) is 30.3 Å². The van der Waals surface area contributed by atoms with Gasteiger partial charge in [0.25, 0.3) is 0 Å². The fourth-order valence-corrected chi connectivity index (χ4v) is 2.61. The standard InChI is InChI=1S/C16H22N4O.HI/c1-17-16(18-10-12-7-8-12)19-13-9-15(21)20(11-13)14-5-3-2-4-6-14;/h2-6,12-13H,7-11H2,1H3,(H2,17,18,19);1H. The lowest BCUT2D eigenvalue weighted by Crippen LogP contribution is -2.45. The van der Waals surface area contributed by atoms with Gasteiger partial charge in [0.15, 0.2) is 5.96 Å². The van der Waals surface area contributed by atoms with Crippen molar-refractivity contribution in [1.29, 1.82) is 0 Å². The first-order chi connectivity index (χ1) is 10.3. The van der Waals surface area contributed by atoms with Gasteiger partial charge in [0.2, 0.25) is 5.91 Å². The second-order valence-electron chi connectivity index (χ2n) is 5.78. The summed E-state index contributed by atoms with van der Waals surface area (Å²) in [5.41, 5.74) is 0.965. The zero-order valence-electron chi connectivity index (χ0n) is 12.8. The van der Waals surface area contributed by atoms with E-state index in [0.29, 0.717) is 13.0 Å². The van der Waals surface area contributed by atoms with Gasteiger partial charge in [-0.1, -0.05) is 18.2 Å². The number of rotatable bonds is 4. The number of carbonyl (C=O) groups is 1. The van der Waals surface area contributed by atoms with Crippen LogP contribution in [0.25, 0.3) is 0 Å². The Bertz CT molecular complexity index is 530. The smallest absolute Gasteiger partial charge is 0.229 e. The average molecular weight is 414 g/mol. The number of benzene rings is 1. The van der Waals surface area contributed by atoms with Crippen molar-refractivity contribution >= 4 is 41.5 Å². The van der Waals surface area contributed by atoms with Crippen LogP contribution in [0.2, 0.25) is 0 Å². The van der Waals surface area contributed by atoms with Crippen LogP contribution in [0.4, 0.5) is 5.69 Å². The molecule has 1 aliphatic heterocycles. The maximum Gasteiger partial charge on any atom is 0.229 e. The Hall–Kier alpha value is -1.31. The molecule has 1 unspecified atom stereocenters. The third-order valence-electron chi connectivity index (χ3n) is 4.01. The van der Waals surface area contributed by atoms with Crippen LogP contribution in [0.15, 0.2) is 35.3 Å². The number of para-hydroxylation sites is 1. The van der Waals surface area contributed by atoms with Crippen LogP contribution >= 0.6 is 24.0 Å². The fourth-order valence-electron chi connectivity index (χ4n) is 2.61. The predicted octanol–water partition coefficient (Wildman–Crippen LogP) is 1.98. The number of anilines is 1. The molecule has 6 heteroatoms. The number of nitrogens with zero attached hydrogens (tertiary/aromatic N) is 2. The molecular formula is C16H23IN4O. The van der Waals surface area contributed by atoms with E-state index in [2.05, 4.69) is 15.6 Å². The van der Waals surface area contributed by atoms with Crippen molar-refractivity contribution in [2.24, 2.45) is 10.9 Å². The van der Waals surface area contributed by atoms with Gasteiger partial charge in [0, 0.05) is 32.2 Å². The number of halogens is 1. The number of nitrogens with one attached hydrogen (secondary N) is 2. The summed E-state index contributed by atoms with van der Waals surface area (Å²) in [5.74, 6) is 1.76. The van der Waals surface area contributed by atoms with E-state index in [1.54, 1.807) is 7.05 Å². The Morgan fingerprint density at radius 3 is 2.68 bits per heavy atom. The SMILES string of the molecule is CN=C(NCC1CC1)NC1CC(=O)N(c2ccccc2)C1.I. The monoisotopic (exact) mass is 414 g/mol. The number of hydrogen-bond donors (Lipinski definition) is 2. The summed E-state index contributed by atoms with van der Waals surface area (Å²) in [5, 5.41) is 6.69. The molecule has 5 nitrogen and oxygen atoms in total. The zero-order valence-corrected chi connectivity index (χ0v) is 15.1. The van der Waals surface area contributed by atoms with Gasteiger partial charge in [-0.3, -0.25) is 9.79 Å². The molecular weight excluding hydrogens is 391 g/mol. The first kappa shape index (κ1) is 17.1. The van der Waals surface area contributed by atoms with Gasteiger partial charge in [0.1, 0.15) is 0 Å². The molecule has 0 radical (unpaired) electrons. The first-order valence-corrected chi connectivity index (χ1v) is 7.59. The van der Waals surface area contributed by atoms with E-state index in [1.165, 1.54) is 12.8 Å². The molecule has 0 bridgehead atoms. The highest BCUT2D eigenvalue weighted by molar-refractivity contribution is 14.0. The van der Waals surface area contributed by atoms with E-state index in [9.17, 15) is 4.79 Å². The number of amides is 1. The summed E-state index contributed by atoms with van der Waals surface area (Å²) in [6.45, 7) is 1.66. The lowest BCUT2D eigenvalue weighted by Gasteiger charge is -2.19. The van der Waals surface area contributed by atoms with Gasteiger partial charge in [-0.25, -0.2) is 0 Å². The Morgan fingerprint density at radius 1 is 1.32 bits per heavy atom. The van der Waals surface area contributed by atoms with Crippen LogP contribution in [0.1, 0.15) is 19.3 Å². The predicted molar refractivity (Wildman–Crippen MR) is 99.8 cm³/mol. The zero-order chi connectivity index (χ0) is 14.7. The number of carbonyl (C=O) groups excluding carboxylic acids is 1. The Morgan fingerprint density at radius 2 is 2.05 bits per heavy atom. The molecule has 1 aromatic carbocycles. The number of hydrogen-bond acceptors (Lipinski definition) is 2. The van der Waals surface area contributed by atoms with Gasteiger partial charge < -0.3 is 15.5 Å². The molecule has 1 amide bonds. The molecule has 1 aromatic rings. The molecule has 0 spiro atoms. The van der Waals surface area contributed by atoms with Gasteiger partial charge in [-0.15, -0.1) is 24.0 Å². The molecule has 2 aliphatic rings. The van der Waals surface area contributed by atoms with Crippen molar-refractivity contribution in [2.45, 2.75) is 25.3 Å². The molecule has 0 aromatic heterocycles. The van der Waals surface area contributed by atoms with E-state index in [0.717, 1.165) is 24.1 Å². The van der Waals surface area contributed by atoms with Crippen LogP contribution in [0, 0.1) is 5.92 Å². The maximum atomic E-state index is 12.2. The van der Waals surface area contributed by atoms with Crippen molar-refractivity contribution in [3.8, 4) is 0 Å². The maximum absolute atomic E-state index is 12.2. The van der Waals surface area contributed by atoms with Crippen LogP contribution in [0.3, 0.4) is 0 Å². The van der Waals surface area contributed by atoms with Crippen molar-refractivity contribution in [2.75, 3.05) is 25.0 Å². The second kappa shape index (κ2) is 7.80. The molecule has 1 heterocycles. The van der Waals surface area contributed by atoms with Crippen LogP contribution in [-0.4, -0.2) is 38.0 Å². The molecule has 22 heavy (non-hydrogen) atoms. The normalized spacial score (nSPS) is 21.5. The van der Waals surface area contributed by atoms with Gasteiger partial charge in [-0.05, 0) is 30.9 Å². The molecule has 2 fully saturated rings. The Labute approximate surface area is 148 Å². The third-order valence-corrected chi connectivity index (χ3v) is 4.01. The Kier molecular flexibility index (Phi) is 6.05. The lowest BCUT2D eigenvalue weighted by molar-refractivity contribution is -0.117. The first-order valence-electron chi connectivity index (χ1n) is 7.59. The van der Waals surface area contributed by atoms with E-state index in [1.807, 2.05) is 35.2 Å². The lowest BCUT2D eigenvalue weighted by atomic mass is 10.2. The van der Waals surface area contributed by atoms with E-state index < -0.39 is 0 Å². The second-order valence-corrected chi connectivity index (χ2v) is 5.78. The summed E-state index contributed by atoms with van der Waals surface area (Å²) < 4.78 is 0. The summed E-state index contributed by atoms with van der Waals surface area (Å²) >= 11 is 0. The summed E-state index contributed by atoms with van der Waals surface area (Å²) in [6.07, 6.45) is 3.14. The quantitative estimate of drug-likeness (QED) is 0.450. The van der Waals surface area contributed by atoms with Gasteiger partial charge >= 0.3 is 0 Å². The number of aliphatic imine (C=N–C) groups is 1. The molecule has 1 aliphatic carbocycles. The fraction of sp³-hybridized carbons (Fsp3) is 0.500. The summed E-state index contributed by atoms with van der Waals surface area (Å²) in [6, 6.07) is 9.94.